The zero-order chi connectivity index (χ0) is 18.1. The fourth-order valence-electron chi connectivity index (χ4n) is 3.98. The number of benzene rings is 1. The zero-order valence-electron chi connectivity index (χ0n) is 15.6. The largest absolute Gasteiger partial charge is 0.468 e. The van der Waals surface area contributed by atoms with E-state index in [-0.39, 0.29) is 5.97 Å². The Labute approximate surface area is 150 Å². The molecule has 4 heteroatoms. The number of allylic oxidation sites excluding steroid dienone is 2. The van der Waals surface area contributed by atoms with E-state index < -0.39 is 5.41 Å². The number of carbonyl (C=O) groups is 1. The van der Waals surface area contributed by atoms with E-state index in [2.05, 4.69) is 26.0 Å². The highest BCUT2D eigenvalue weighted by molar-refractivity contribution is 5.85. The van der Waals surface area contributed by atoms with Crippen LogP contribution in [-0.2, 0) is 19.7 Å². The molecule has 2 aliphatic rings. The van der Waals surface area contributed by atoms with Crippen LogP contribution in [0.4, 0.5) is 5.69 Å². The first-order valence-electron chi connectivity index (χ1n) is 9.14. The summed E-state index contributed by atoms with van der Waals surface area (Å²) < 4.78 is 10.6. The van der Waals surface area contributed by atoms with Gasteiger partial charge in [0.05, 0.1) is 12.5 Å². The minimum atomic E-state index is -0.621. The van der Waals surface area contributed by atoms with Gasteiger partial charge >= 0.3 is 5.97 Å². The van der Waals surface area contributed by atoms with Gasteiger partial charge in [0, 0.05) is 24.5 Å². The van der Waals surface area contributed by atoms with E-state index in [1.165, 1.54) is 12.7 Å². The van der Waals surface area contributed by atoms with E-state index >= 15 is 0 Å². The molecule has 1 fully saturated rings. The lowest BCUT2D eigenvalue weighted by molar-refractivity contribution is -0.151. The molecule has 0 saturated carbocycles. The van der Waals surface area contributed by atoms with Gasteiger partial charge in [-0.1, -0.05) is 26.0 Å². The lowest BCUT2D eigenvalue weighted by atomic mass is 9.72. The second-order valence-corrected chi connectivity index (χ2v) is 8.09. The number of rotatable bonds is 3. The molecule has 2 N–H and O–H groups in total. The van der Waals surface area contributed by atoms with Gasteiger partial charge in [0.2, 0.25) is 0 Å². The van der Waals surface area contributed by atoms with Crippen molar-refractivity contribution in [2.24, 2.45) is 5.41 Å². The van der Waals surface area contributed by atoms with Gasteiger partial charge in [-0.2, -0.15) is 0 Å². The molecule has 4 nitrogen and oxygen atoms in total. The summed E-state index contributed by atoms with van der Waals surface area (Å²) >= 11 is 0. The fourth-order valence-corrected chi connectivity index (χ4v) is 3.98. The van der Waals surface area contributed by atoms with Crippen molar-refractivity contribution < 1.29 is 14.3 Å². The topological polar surface area (TPSA) is 61.5 Å². The summed E-state index contributed by atoms with van der Waals surface area (Å²) in [6.07, 6.45) is 6.84. The van der Waals surface area contributed by atoms with E-state index in [9.17, 15) is 4.79 Å². The molecule has 1 aliphatic heterocycles. The Morgan fingerprint density at radius 2 is 1.92 bits per heavy atom. The molecule has 0 atom stereocenters. The molecule has 25 heavy (non-hydrogen) atoms. The highest BCUT2D eigenvalue weighted by Crippen LogP contribution is 2.42. The van der Waals surface area contributed by atoms with Crippen molar-refractivity contribution in [2.45, 2.75) is 51.4 Å². The van der Waals surface area contributed by atoms with Gasteiger partial charge in [0.1, 0.15) is 0 Å². The van der Waals surface area contributed by atoms with Gasteiger partial charge in [0.25, 0.3) is 0 Å². The molecule has 136 valence electrons. The van der Waals surface area contributed by atoms with Crippen molar-refractivity contribution in [3.63, 3.8) is 0 Å². The summed E-state index contributed by atoms with van der Waals surface area (Å²) in [4.78, 5) is 12.6. The summed E-state index contributed by atoms with van der Waals surface area (Å²) in [5.41, 5.74) is 10.2. The van der Waals surface area contributed by atoms with Crippen molar-refractivity contribution in [3.05, 3.63) is 35.4 Å². The van der Waals surface area contributed by atoms with Crippen molar-refractivity contribution in [2.75, 3.05) is 26.1 Å². The highest BCUT2D eigenvalue weighted by atomic mass is 16.5. The standard InChI is InChI=1S/C21H29NO3/c1-20(2)8-6-15(7-9-20)17-14-16(4-5-18(17)22)21(19(23)24-3)10-12-25-13-11-21/h4-6,14H,7-13,22H2,1-3H3. The molecule has 1 aromatic rings. The van der Waals surface area contributed by atoms with Gasteiger partial charge in [-0.3, -0.25) is 4.79 Å². The number of carbonyl (C=O) groups excluding carboxylic acids is 1. The number of methoxy groups -OCH3 is 1. The quantitative estimate of drug-likeness (QED) is 0.663. The summed E-state index contributed by atoms with van der Waals surface area (Å²) in [6, 6.07) is 6.03. The molecular weight excluding hydrogens is 314 g/mol. The van der Waals surface area contributed by atoms with E-state index in [1.54, 1.807) is 0 Å². The third kappa shape index (κ3) is 3.45. The summed E-state index contributed by atoms with van der Waals surface area (Å²) in [7, 11) is 1.46. The molecule has 0 spiro atoms. The van der Waals surface area contributed by atoms with Crippen LogP contribution in [0.1, 0.15) is 57.1 Å². The minimum absolute atomic E-state index is 0.176. The van der Waals surface area contributed by atoms with Crippen LogP contribution in [0, 0.1) is 5.41 Å². The maximum Gasteiger partial charge on any atom is 0.316 e. The van der Waals surface area contributed by atoms with Crippen LogP contribution in [0.3, 0.4) is 0 Å². The van der Waals surface area contributed by atoms with E-state index in [1.807, 2.05) is 12.1 Å². The number of hydrogen-bond acceptors (Lipinski definition) is 4. The predicted octanol–water partition coefficient (Wildman–Crippen LogP) is 4.08. The van der Waals surface area contributed by atoms with Crippen LogP contribution < -0.4 is 5.73 Å². The molecule has 1 saturated heterocycles. The Hall–Kier alpha value is -1.81. The van der Waals surface area contributed by atoms with Gasteiger partial charge < -0.3 is 15.2 Å². The van der Waals surface area contributed by atoms with Gasteiger partial charge in [-0.15, -0.1) is 0 Å². The first-order valence-corrected chi connectivity index (χ1v) is 9.14. The number of nitrogen functional groups attached to an aromatic ring is 1. The minimum Gasteiger partial charge on any atom is -0.468 e. The van der Waals surface area contributed by atoms with Crippen molar-refractivity contribution in [1.29, 1.82) is 0 Å². The molecule has 0 unspecified atom stereocenters. The number of esters is 1. The summed E-state index contributed by atoms with van der Waals surface area (Å²) in [5.74, 6) is -0.176. The van der Waals surface area contributed by atoms with Crippen LogP contribution in [0.25, 0.3) is 5.57 Å². The molecule has 1 aliphatic carbocycles. The van der Waals surface area contributed by atoms with E-state index in [0.29, 0.717) is 31.5 Å². The average Bonchev–Trinajstić information content (AvgIpc) is 2.62. The number of hydrogen-bond donors (Lipinski definition) is 1. The first-order chi connectivity index (χ1) is 11.9. The summed E-state index contributed by atoms with van der Waals surface area (Å²) in [5, 5.41) is 0. The highest BCUT2D eigenvalue weighted by Gasteiger charge is 2.43. The number of ether oxygens (including phenoxy) is 2. The number of nitrogens with two attached hydrogens (primary N) is 1. The SMILES string of the molecule is COC(=O)C1(c2ccc(N)c(C3=CCC(C)(C)CC3)c2)CCOCC1. The molecule has 1 heterocycles. The maximum atomic E-state index is 12.6. The van der Waals surface area contributed by atoms with Crippen LogP contribution in [-0.4, -0.2) is 26.3 Å². The van der Waals surface area contributed by atoms with E-state index in [4.69, 9.17) is 15.2 Å². The Morgan fingerprint density at radius 3 is 2.52 bits per heavy atom. The Morgan fingerprint density at radius 1 is 1.20 bits per heavy atom. The predicted molar refractivity (Wildman–Crippen MR) is 100 cm³/mol. The van der Waals surface area contributed by atoms with Gasteiger partial charge in [-0.25, -0.2) is 0 Å². The second kappa shape index (κ2) is 6.83. The second-order valence-electron chi connectivity index (χ2n) is 8.09. The molecule has 0 radical (unpaired) electrons. The molecule has 0 amide bonds. The Balaban J connectivity index is 2.01. The van der Waals surface area contributed by atoms with Crippen LogP contribution in [0.5, 0.6) is 0 Å². The van der Waals surface area contributed by atoms with Crippen LogP contribution >= 0.6 is 0 Å². The third-order valence-corrected chi connectivity index (χ3v) is 5.85. The monoisotopic (exact) mass is 343 g/mol. The average molecular weight is 343 g/mol. The summed E-state index contributed by atoms with van der Waals surface area (Å²) in [6.45, 7) is 5.75. The number of anilines is 1. The molecule has 3 rings (SSSR count). The normalized spacial score (nSPS) is 22.1. The van der Waals surface area contributed by atoms with Crippen molar-refractivity contribution in [3.8, 4) is 0 Å². The maximum absolute atomic E-state index is 12.6. The third-order valence-electron chi connectivity index (χ3n) is 5.85. The molecule has 0 bridgehead atoms. The Kier molecular flexibility index (Phi) is 4.92. The lowest BCUT2D eigenvalue weighted by Crippen LogP contribution is -2.42. The van der Waals surface area contributed by atoms with Gasteiger partial charge in [0.15, 0.2) is 0 Å². The lowest BCUT2D eigenvalue weighted by Gasteiger charge is -2.35. The smallest absolute Gasteiger partial charge is 0.316 e. The fraction of sp³-hybridized carbons (Fsp3) is 0.571. The Bertz CT molecular complexity index is 684. The first kappa shape index (κ1) is 18.0. The molecule has 0 aromatic heterocycles. The molecule has 1 aromatic carbocycles. The zero-order valence-corrected chi connectivity index (χ0v) is 15.6. The van der Waals surface area contributed by atoms with Crippen molar-refractivity contribution in [1.82, 2.24) is 0 Å². The molecular formula is C21H29NO3. The van der Waals surface area contributed by atoms with Crippen LogP contribution in [0.2, 0.25) is 0 Å². The van der Waals surface area contributed by atoms with E-state index in [0.717, 1.165) is 36.1 Å². The van der Waals surface area contributed by atoms with Crippen molar-refractivity contribution >= 4 is 17.2 Å². The van der Waals surface area contributed by atoms with Crippen LogP contribution in [0.15, 0.2) is 24.3 Å². The van der Waals surface area contributed by atoms with Gasteiger partial charge in [-0.05, 0) is 60.8 Å².